The van der Waals surface area contributed by atoms with E-state index in [1.807, 2.05) is 0 Å². The van der Waals surface area contributed by atoms with Crippen molar-refractivity contribution in [2.45, 2.75) is 12.5 Å². The number of benzene rings is 2. The molecule has 0 aliphatic heterocycles. The number of rotatable bonds is 6. The lowest BCUT2D eigenvalue weighted by molar-refractivity contribution is -0.142. The van der Waals surface area contributed by atoms with Gasteiger partial charge in [-0.3, -0.25) is 4.79 Å². The molecule has 0 radical (unpaired) electrons. The first-order valence-electron chi connectivity index (χ1n) is 8.87. The van der Waals surface area contributed by atoms with Crippen LogP contribution in [0.3, 0.4) is 0 Å². The summed E-state index contributed by atoms with van der Waals surface area (Å²) in [5.74, 6) is -5.86. The van der Waals surface area contributed by atoms with Gasteiger partial charge in [0.25, 0.3) is 5.91 Å². The molecule has 0 aliphatic carbocycles. The van der Waals surface area contributed by atoms with E-state index in [4.69, 9.17) is 9.15 Å². The van der Waals surface area contributed by atoms with Crippen LogP contribution in [0, 0.1) is 17.5 Å². The van der Waals surface area contributed by atoms with Crippen molar-refractivity contribution in [2.75, 3.05) is 14.2 Å². The number of fused-ring (bicyclic) bond motifs is 1. The summed E-state index contributed by atoms with van der Waals surface area (Å²) in [6.07, 6.45) is -0.253. The van der Waals surface area contributed by atoms with Crippen LogP contribution in [0.5, 0.6) is 5.75 Å². The Balaban J connectivity index is 1.97. The zero-order valence-electron chi connectivity index (χ0n) is 16.3. The molecular formula is C21H16F3NO6. The van der Waals surface area contributed by atoms with Gasteiger partial charge in [0.15, 0.2) is 0 Å². The van der Waals surface area contributed by atoms with Crippen molar-refractivity contribution in [3.05, 3.63) is 75.4 Å². The monoisotopic (exact) mass is 435 g/mol. The number of carbonyl (C=O) groups excluding carboxylic acids is 2. The van der Waals surface area contributed by atoms with Crippen LogP contribution in [0.15, 0.2) is 45.6 Å². The minimum atomic E-state index is -1.43. The molecule has 0 fully saturated rings. The molecule has 2 aromatic carbocycles. The molecular weight excluding hydrogens is 419 g/mol. The maximum atomic E-state index is 13.9. The minimum Gasteiger partial charge on any atom is -0.497 e. The number of amides is 1. The first-order valence-corrected chi connectivity index (χ1v) is 8.87. The number of hydrogen-bond acceptors (Lipinski definition) is 6. The SMILES string of the molecule is COC(=O)[C@@H](Cc1cc(=O)oc2cc(OC)ccc12)NC(=O)c1c(F)cc(F)cc1F. The Hall–Kier alpha value is -3.82. The molecule has 0 saturated heterocycles. The molecule has 0 spiro atoms. The van der Waals surface area contributed by atoms with Crippen LogP contribution in [0.1, 0.15) is 15.9 Å². The molecule has 7 nitrogen and oxygen atoms in total. The Labute approximate surface area is 173 Å². The predicted molar refractivity (Wildman–Crippen MR) is 102 cm³/mol. The summed E-state index contributed by atoms with van der Waals surface area (Å²) in [6.45, 7) is 0. The van der Waals surface area contributed by atoms with Gasteiger partial charge >= 0.3 is 11.6 Å². The van der Waals surface area contributed by atoms with E-state index in [1.54, 1.807) is 12.1 Å². The predicted octanol–water partition coefficient (Wildman–Crippen LogP) is 2.73. The Morgan fingerprint density at radius 1 is 1.06 bits per heavy atom. The van der Waals surface area contributed by atoms with E-state index in [9.17, 15) is 27.6 Å². The molecule has 1 atom stereocenters. The molecule has 31 heavy (non-hydrogen) atoms. The molecule has 3 rings (SSSR count). The Morgan fingerprint density at radius 2 is 1.74 bits per heavy atom. The lowest BCUT2D eigenvalue weighted by Crippen LogP contribution is -2.43. The molecule has 1 heterocycles. The van der Waals surface area contributed by atoms with E-state index in [1.165, 1.54) is 13.2 Å². The molecule has 1 N–H and O–H groups in total. The van der Waals surface area contributed by atoms with Crippen molar-refractivity contribution in [1.29, 1.82) is 0 Å². The van der Waals surface area contributed by atoms with Crippen molar-refractivity contribution in [3.63, 3.8) is 0 Å². The standard InChI is InChI=1S/C21H16F3NO6/c1-29-12-3-4-13-10(6-18(26)31-17(13)9-12)5-16(21(28)30-2)25-20(27)19-14(23)7-11(22)8-15(19)24/h3-4,6-9,16H,5H2,1-2H3,(H,25,27)/t16-/m1/s1. The Kier molecular flexibility index (Phi) is 6.28. The summed E-state index contributed by atoms with van der Waals surface area (Å²) in [5, 5.41) is 2.61. The lowest BCUT2D eigenvalue weighted by atomic mass is 10.0. The van der Waals surface area contributed by atoms with E-state index >= 15 is 0 Å². The number of hydrogen-bond donors (Lipinski definition) is 1. The van der Waals surface area contributed by atoms with Crippen molar-refractivity contribution < 1.29 is 36.7 Å². The number of esters is 1. The maximum Gasteiger partial charge on any atom is 0.336 e. The second-order valence-corrected chi connectivity index (χ2v) is 6.45. The van der Waals surface area contributed by atoms with Crippen LogP contribution in [0.4, 0.5) is 13.2 Å². The molecule has 1 amide bonds. The fourth-order valence-corrected chi connectivity index (χ4v) is 3.05. The molecule has 0 bridgehead atoms. The molecule has 0 unspecified atom stereocenters. The highest BCUT2D eigenvalue weighted by Crippen LogP contribution is 2.24. The second-order valence-electron chi connectivity index (χ2n) is 6.45. The third-order valence-corrected chi connectivity index (χ3v) is 4.49. The van der Waals surface area contributed by atoms with E-state index in [0.29, 0.717) is 28.8 Å². The van der Waals surface area contributed by atoms with E-state index in [0.717, 1.165) is 13.2 Å². The second kappa shape index (κ2) is 8.90. The highest BCUT2D eigenvalue weighted by atomic mass is 19.1. The van der Waals surface area contributed by atoms with Gasteiger partial charge in [0.2, 0.25) is 0 Å². The largest absolute Gasteiger partial charge is 0.497 e. The van der Waals surface area contributed by atoms with Crippen molar-refractivity contribution in [3.8, 4) is 5.75 Å². The van der Waals surface area contributed by atoms with Crippen molar-refractivity contribution >= 4 is 22.8 Å². The fraction of sp³-hybridized carbons (Fsp3) is 0.190. The Bertz CT molecular complexity index is 1200. The average molecular weight is 435 g/mol. The van der Waals surface area contributed by atoms with Crippen LogP contribution >= 0.6 is 0 Å². The van der Waals surface area contributed by atoms with Crippen molar-refractivity contribution in [1.82, 2.24) is 5.32 Å². The first-order chi connectivity index (χ1) is 14.7. The number of methoxy groups -OCH3 is 2. The number of nitrogens with one attached hydrogen (secondary N) is 1. The zero-order chi connectivity index (χ0) is 22.7. The van der Waals surface area contributed by atoms with E-state index < -0.39 is 46.6 Å². The molecule has 0 saturated carbocycles. The van der Waals surface area contributed by atoms with Gasteiger partial charge in [-0.2, -0.15) is 0 Å². The number of ether oxygens (including phenoxy) is 2. The van der Waals surface area contributed by atoms with Crippen LogP contribution < -0.4 is 15.7 Å². The molecule has 3 aromatic rings. The topological polar surface area (TPSA) is 94.8 Å². The van der Waals surface area contributed by atoms with Gasteiger partial charge in [-0.25, -0.2) is 22.8 Å². The van der Waals surface area contributed by atoms with Crippen LogP contribution in [0.25, 0.3) is 11.0 Å². The van der Waals surface area contributed by atoms with Gasteiger partial charge in [0.1, 0.15) is 40.4 Å². The summed E-state index contributed by atoms with van der Waals surface area (Å²) >= 11 is 0. The van der Waals surface area contributed by atoms with Crippen LogP contribution in [-0.4, -0.2) is 32.1 Å². The van der Waals surface area contributed by atoms with Gasteiger partial charge in [-0.1, -0.05) is 0 Å². The first kappa shape index (κ1) is 21.9. The quantitative estimate of drug-likeness (QED) is 0.473. The minimum absolute atomic E-state index is 0.174. The third kappa shape index (κ3) is 4.68. The van der Waals surface area contributed by atoms with Gasteiger partial charge in [-0.05, 0) is 17.7 Å². The maximum absolute atomic E-state index is 13.9. The zero-order valence-corrected chi connectivity index (χ0v) is 16.3. The highest BCUT2D eigenvalue weighted by molar-refractivity contribution is 5.97. The normalized spacial score (nSPS) is 11.8. The summed E-state index contributed by atoms with van der Waals surface area (Å²) in [7, 11) is 2.49. The summed E-state index contributed by atoms with van der Waals surface area (Å²) in [5.41, 5.74) is -1.30. The van der Waals surface area contributed by atoms with Crippen LogP contribution in [0.2, 0.25) is 0 Å². The van der Waals surface area contributed by atoms with Gasteiger partial charge in [0, 0.05) is 36.1 Å². The van der Waals surface area contributed by atoms with Gasteiger partial charge < -0.3 is 19.2 Å². The molecule has 162 valence electrons. The lowest BCUT2D eigenvalue weighted by Gasteiger charge is -2.18. The smallest absolute Gasteiger partial charge is 0.336 e. The van der Waals surface area contributed by atoms with E-state index in [2.05, 4.69) is 10.1 Å². The number of carbonyl (C=O) groups is 2. The summed E-state index contributed by atoms with van der Waals surface area (Å²) in [6, 6.07) is 5.05. The molecule has 10 heteroatoms. The average Bonchev–Trinajstić information content (AvgIpc) is 2.71. The fourth-order valence-electron chi connectivity index (χ4n) is 3.05. The Morgan fingerprint density at radius 3 is 2.35 bits per heavy atom. The summed E-state index contributed by atoms with van der Waals surface area (Å²) < 4.78 is 55.8. The van der Waals surface area contributed by atoms with Gasteiger partial charge in [0.05, 0.1) is 14.2 Å². The van der Waals surface area contributed by atoms with Crippen LogP contribution in [-0.2, 0) is 16.0 Å². The number of halogens is 3. The highest BCUT2D eigenvalue weighted by Gasteiger charge is 2.27. The molecule has 0 aliphatic rings. The molecule has 1 aromatic heterocycles. The van der Waals surface area contributed by atoms with Crippen molar-refractivity contribution in [2.24, 2.45) is 0 Å². The third-order valence-electron chi connectivity index (χ3n) is 4.49. The van der Waals surface area contributed by atoms with E-state index in [-0.39, 0.29) is 12.0 Å². The summed E-state index contributed by atoms with van der Waals surface area (Å²) in [4.78, 5) is 36.6. The van der Waals surface area contributed by atoms with Gasteiger partial charge in [-0.15, -0.1) is 0 Å².